The van der Waals surface area contributed by atoms with Gasteiger partial charge in [0.05, 0.1) is 18.0 Å². The minimum atomic E-state index is -0.244. The Kier molecular flexibility index (Phi) is 4.50. The molecule has 0 aliphatic carbocycles. The molecular formula is C18H24FN3O. The Hall–Kier alpha value is -1.72. The summed E-state index contributed by atoms with van der Waals surface area (Å²) < 4.78 is 14.8. The van der Waals surface area contributed by atoms with Crippen molar-refractivity contribution in [2.24, 2.45) is 5.41 Å². The molecule has 0 spiro atoms. The molecule has 1 fully saturated rings. The van der Waals surface area contributed by atoms with E-state index in [2.05, 4.69) is 23.8 Å². The predicted molar refractivity (Wildman–Crippen MR) is 87.8 cm³/mol. The number of nitrogens with zero attached hydrogens (tertiary/aromatic N) is 3. The molecule has 0 radical (unpaired) electrons. The lowest BCUT2D eigenvalue weighted by Gasteiger charge is -2.29. The molecule has 1 atom stereocenters. The molecule has 0 saturated carbocycles. The Bertz CT molecular complexity index is 651. The first-order valence-corrected chi connectivity index (χ1v) is 8.11. The number of hydrogen-bond acceptors (Lipinski definition) is 3. The van der Waals surface area contributed by atoms with E-state index in [1.807, 2.05) is 12.4 Å². The van der Waals surface area contributed by atoms with E-state index in [1.54, 1.807) is 16.8 Å². The van der Waals surface area contributed by atoms with Crippen LogP contribution in [0.5, 0.6) is 0 Å². The van der Waals surface area contributed by atoms with Gasteiger partial charge in [0.25, 0.3) is 0 Å². The summed E-state index contributed by atoms with van der Waals surface area (Å²) in [5, 5.41) is 14.4. The Labute approximate surface area is 136 Å². The third-order valence-corrected chi connectivity index (χ3v) is 4.35. The summed E-state index contributed by atoms with van der Waals surface area (Å²) in [7, 11) is 0. The number of rotatable bonds is 3. The molecule has 2 aromatic rings. The molecular weight excluding hydrogens is 293 g/mol. The fraction of sp³-hybridized carbons (Fsp3) is 0.500. The lowest BCUT2D eigenvalue weighted by atomic mass is 9.87. The van der Waals surface area contributed by atoms with Gasteiger partial charge < -0.3 is 5.11 Å². The van der Waals surface area contributed by atoms with Crippen LogP contribution in [0.15, 0.2) is 36.7 Å². The third kappa shape index (κ3) is 4.18. The first kappa shape index (κ1) is 16.1. The van der Waals surface area contributed by atoms with Gasteiger partial charge in [0, 0.05) is 31.4 Å². The summed E-state index contributed by atoms with van der Waals surface area (Å²) in [4.78, 5) is 2.38. The van der Waals surface area contributed by atoms with Gasteiger partial charge in [-0.15, -0.1) is 0 Å². The van der Waals surface area contributed by atoms with Crippen molar-refractivity contribution < 1.29 is 9.50 Å². The van der Waals surface area contributed by atoms with Gasteiger partial charge in [-0.05, 0) is 42.5 Å². The minimum Gasteiger partial charge on any atom is -0.393 e. The van der Waals surface area contributed by atoms with Gasteiger partial charge in [0.1, 0.15) is 5.82 Å². The number of benzene rings is 1. The lowest BCUT2D eigenvalue weighted by Crippen LogP contribution is -2.32. The predicted octanol–water partition coefficient (Wildman–Crippen LogP) is 2.99. The van der Waals surface area contributed by atoms with Crippen LogP contribution >= 0.6 is 0 Å². The monoisotopic (exact) mass is 317 g/mol. The molecule has 0 bridgehead atoms. The maximum Gasteiger partial charge on any atom is 0.123 e. The Morgan fingerprint density at radius 1 is 1.30 bits per heavy atom. The van der Waals surface area contributed by atoms with Crippen molar-refractivity contribution in [3.63, 3.8) is 0 Å². The number of aromatic nitrogens is 2. The molecule has 4 nitrogen and oxygen atoms in total. The molecule has 124 valence electrons. The highest BCUT2D eigenvalue weighted by Gasteiger charge is 2.29. The molecule has 1 aliphatic rings. The summed E-state index contributed by atoms with van der Waals surface area (Å²) in [5.41, 5.74) is 2.09. The zero-order chi connectivity index (χ0) is 16.4. The van der Waals surface area contributed by atoms with Gasteiger partial charge in [0.15, 0.2) is 0 Å². The van der Waals surface area contributed by atoms with Crippen molar-refractivity contribution >= 4 is 0 Å². The molecule has 1 saturated heterocycles. The van der Waals surface area contributed by atoms with E-state index in [1.165, 1.54) is 12.1 Å². The molecule has 23 heavy (non-hydrogen) atoms. The van der Waals surface area contributed by atoms with E-state index >= 15 is 0 Å². The SMILES string of the molecule is CC1(C)C[C@H](O)CCN(Cc2cnn(-c3ccc(F)cc3)c2)C1. The molecule has 1 aromatic heterocycles. The van der Waals surface area contributed by atoms with Crippen molar-refractivity contribution in [1.82, 2.24) is 14.7 Å². The Morgan fingerprint density at radius 2 is 2.04 bits per heavy atom. The molecule has 0 amide bonds. The molecule has 1 N–H and O–H groups in total. The normalized spacial score (nSPS) is 22.0. The Morgan fingerprint density at radius 3 is 2.78 bits per heavy atom. The molecule has 1 aromatic carbocycles. The zero-order valence-electron chi connectivity index (χ0n) is 13.7. The van der Waals surface area contributed by atoms with Crippen LogP contribution in [0.1, 0.15) is 32.3 Å². The van der Waals surface area contributed by atoms with Gasteiger partial charge in [0.2, 0.25) is 0 Å². The highest BCUT2D eigenvalue weighted by molar-refractivity contribution is 5.31. The third-order valence-electron chi connectivity index (χ3n) is 4.35. The number of aliphatic hydroxyl groups excluding tert-OH is 1. The van der Waals surface area contributed by atoms with Crippen LogP contribution in [0, 0.1) is 11.2 Å². The van der Waals surface area contributed by atoms with E-state index in [0.717, 1.165) is 43.7 Å². The van der Waals surface area contributed by atoms with Crippen LogP contribution in [0.25, 0.3) is 5.69 Å². The topological polar surface area (TPSA) is 41.3 Å². The summed E-state index contributed by atoms with van der Waals surface area (Å²) in [6.07, 6.45) is 5.30. The minimum absolute atomic E-state index is 0.114. The van der Waals surface area contributed by atoms with E-state index in [4.69, 9.17) is 0 Å². The van der Waals surface area contributed by atoms with E-state index in [9.17, 15) is 9.50 Å². The second kappa shape index (κ2) is 6.42. The highest BCUT2D eigenvalue weighted by atomic mass is 19.1. The van der Waals surface area contributed by atoms with Gasteiger partial charge in [-0.3, -0.25) is 4.90 Å². The van der Waals surface area contributed by atoms with Gasteiger partial charge in [-0.25, -0.2) is 9.07 Å². The summed E-state index contributed by atoms with van der Waals surface area (Å²) in [6, 6.07) is 6.32. The number of halogens is 1. The average Bonchev–Trinajstić information content (AvgIpc) is 2.88. The van der Waals surface area contributed by atoms with Crippen LogP contribution in [0.3, 0.4) is 0 Å². The van der Waals surface area contributed by atoms with Crippen molar-refractivity contribution in [3.8, 4) is 5.69 Å². The average molecular weight is 317 g/mol. The number of hydrogen-bond donors (Lipinski definition) is 1. The second-order valence-corrected chi connectivity index (χ2v) is 7.29. The quantitative estimate of drug-likeness (QED) is 0.946. The number of likely N-dealkylation sites (tertiary alicyclic amines) is 1. The maximum absolute atomic E-state index is 13.0. The summed E-state index contributed by atoms with van der Waals surface area (Å²) in [5.74, 6) is -0.244. The smallest absolute Gasteiger partial charge is 0.123 e. The van der Waals surface area contributed by atoms with Gasteiger partial charge >= 0.3 is 0 Å². The fourth-order valence-corrected chi connectivity index (χ4v) is 3.39. The van der Waals surface area contributed by atoms with Crippen LogP contribution < -0.4 is 0 Å². The van der Waals surface area contributed by atoms with Crippen molar-refractivity contribution in [2.45, 2.75) is 39.3 Å². The highest BCUT2D eigenvalue weighted by Crippen LogP contribution is 2.29. The summed E-state index contributed by atoms with van der Waals surface area (Å²) >= 11 is 0. The fourth-order valence-electron chi connectivity index (χ4n) is 3.39. The standard InChI is InChI=1S/C18H24FN3O/c1-18(2)9-17(23)7-8-21(13-18)11-14-10-20-22(12-14)16-5-3-15(19)4-6-16/h3-6,10,12,17,23H,7-9,11,13H2,1-2H3/t17-/m1/s1. The molecule has 0 unspecified atom stereocenters. The van der Waals surface area contributed by atoms with Crippen LogP contribution in [-0.2, 0) is 6.54 Å². The number of aliphatic hydroxyl groups is 1. The van der Waals surface area contributed by atoms with Crippen molar-refractivity contribution in [1.29, 1.82) is 0 Å². The van der Waals surface area contributed by atoms with Crippen molar-refractivity contribution in [2.75, 3.05) is 13.1 Å². The van der Waals surface area contributed by atoms with Crippen LogP contribution in [0.2, 0.25) is 0 Å². The molecule has 3 rings (SSSR count). The van der Waals surface area contributed by atoms with E-state index in [0.29, 0.717) is 0 Å². The Balaban J connectivity index is 1.70. The largest absolute Gasteiger partial charge is 0.393 e. The van der Waals surface area contributed by atoms with E-state index < -0.39 is 0 Å². The maximum atomic E-state index is 13.0. The summed E-state index contributed by atoms with van der Waals surface area (Å²) in [6.45, 7) is 7.09. The van der Waals surface area contributed by atoms with Crippen LogP contribution in [0.4, 0.5) is 4.39 Å². The second-order valence-electron chi connectivity index (χ2n) is 7.29. The first-order chi connectivity index (χ1) is 10.9. The van der Waals surface area contributed by atoms with Crippen molar-refractivity contribution in [3.05, 3.63) is 48.0 Å². The zero-order valence-corrected chi connectivity index (χ0v) is 13.7. The van der Waals surface area contributed by atoms with Crippen LogP contribution in [-0.4, -0.2) is 39.0 Å². The molecule has 2 heterocycles. The molecule has 1 aliphatic heterocycles. The lowest BCUT2D eigenvalue weighted by molar-refractivity contribution is 0.121. The molecule has 5 heteroatoms. The van der Waals surface area contributed by atoms with Gasteiger partial charge in [-0.2, -0.15) is 5.10 Å². The van der Waals surface area contributed by atoms with Gasteiger partial charge in [-0.1, -0.05) is 13.8 Å². The van der Waals surface area contributed by atoms with E-state index in [-0.39, 0.29) is 17.3 Å². The first-order valence-electron chi connectivity index (χ1n) is 8.11.